The van der Waals surface area contributed by atoms with E-state index in [9.17, 15) is 24.7 Å². The van der Waals surface area contributed by atoms with Gasteiger partial charge in [0.15, 0.2) is 0 Å². The minimum Gasteiger partial charge on any atom is -0.388 e. The molecule has 4 rings (SSSR count). The number of carbonyl (C=O) groups excluding carboxylic acids is 1. The quantitative estimate of drug-likeness (QED) is 0.471. The molecule has 4 N–H and O–H groups in total. The Morgan fingerprint density at radius 2 is 2.00 bits per heavy atom. The molecule has 8 heteroatoms. The summed E-state index contributed by atoms with van der Waals surface area (Å²) in [6.45, 7) is 0. The molecule has 1 aromatic carbocycles. The zero-order chi connectivity index (χ0) is 19.2. The maximum atomic E-state index is 12.2. The molecule has 27 heavy (non-hydrogen) atoms. The van der Waals surface area contributed by atoms with Crippen LogP contribution in [0.4, 0.5) is 5.69 Å². The number of amides is 1. The van der Waals surface area contributed by atoms with E-state index in [2.05, 4.69) is 4.98 Å². The number of carbonyl (C=O) groups is 1. The molecule has 2 heterocycles. The minimum absolute atomic E-state index is 0.115. The highest BCUT2D eigenvalue weighted by Gasteiger charge is 2.41. The van der Waals surface area contributed by atoms with E-state index in [4.69, 9.17) is 0 Å². The second-order valence-corrected chi connectivity index (χ2v) is 7.63. The molecule has 0 saturated carbocycles. The summed E-state index contributed by atoms with van der Waals surface area (Å²) in [4.78, 5) is 17.3. The summed E-state index contributed by atoms with van der Waals surface area (Å²) >= 11 is -0.201. The normalized spacial score (nSPS) is 19.6. The Balaban J connectivity index is 1.79. The number of aliphatic hydroxyl groups excluding tert-OH is 1. The van der Waals surface area contributed by atoms with E-state index in [1.165, 1.54) is 0 Å². The highest BCUT2D eigenvalue weighted by molar-refractivity contribution is 7.94. The molecular formula is C19H20N2O5S. The summed E-state index contributed by atoms with van der Waals surface area (Å²) in [6.07, 6.45) is 6.07. The Morgan fingerprint density at radius 1 is 1.19 bits per heavy atom. The van der Waals surface area contributed by atoms with Gasteiger partial charge in [-0.25, -0.2) is 4.90 Å². The molecule has 0 radical (unpaired) electrons. The van der Waals surface area contributed by atoms with Crippen LogP contribution < -0.4 is 4.90 Å². The largest absolute Gasteiger partial charge is 0.388 e. The van der Waals surface area contributed by atoms with Crippen LogP contribution >= 0.6 is 12.0 Å². The van der Waals surface area contributed by atoms with Crippen LogP contribution in [0.5, 0.6) is 0 Å². The van der Waals surface area contributed by atoms with Gasteiger partial charge in [-0.1, -0.05) is 6.07 Å². The smallest absolute Gasteiger partial charge is 0.332 e. The zero-order valence-corrected chi connectivity index (χ0v) is 15.3. The lowest BCUT2D eigenvalue weighted by Gasteiger charge is -2.36. The van der Waals surface area contributed by atoms with Gasteiger partial charge < -0.3 is 19.9 Å². The maximum absolute atomic E-state index is 12.2. The second-order valence-electron chi connectivity index (χ2n) is 6.90. The highest BCUT2D eigenvalue weighted by atomic mass is 32.2. The van der Waals surface area contributed by atoms with Gasteiger partial charge >= 0.3 is 5.24 Å². The lowest BCUT2D eigenvalue weighted by Crippen LogP contribution is -2.51. The number of aryl methyl sites for hydroxylation is 1. The molecule has 1 aliphatic heterocycles. The number of nitrogens with zero attached hydrogens (tertiary/aromatic N) is 2. The molecule has 0 spiro atoms. The van der Waals surface area contributed by atoms with Gasteiger partial charge in [-0.05, 0) is 54.5 Å². The van der Waals surface area contributed by atoms with Crippen molar-refractivity contribution in [3.63, 3.8) is 0 Å². The van der Waals surface area contributed by atoms with E-state index >= 15 is 0 Å². The molecule has 2 aromatic rings. The SMILES string of the molecule is O=C1CCc2cc(-c3cncc4c3CCCC4O)ccc2N1C(O)(O)SO. The maximum Gasteiger partial charge on any atom is 0.332 e. The average Bonchev–Trinajstić information content (AvgIpc) is 2.67. The van der Waals surface area contributed by atoms with Crippen molar-refractivity contribution in [2.45, 2.75) is 43.5 Å². The van der Waals surface area contributed by atoms with Crippen molar-refractivity contribution in [2.24, 2.45) is 0 Å². The fraction of sp³-hybridized carbons (Fsp3) is 0.368. The van der Waals surface area contributed by atoms with E-state index in [1.54, 1.807) is 24.5 Å². The van der Waals surface area contributed by atoms with Crippen molar-refractivity contribution in [1.29, 1.82) is 0 Å². The van der Waals surface area contributed by atoms with Crippen molar-refractivity contribution < 1.29 is 24.7 Å². The Labute approximate surface area is 160 Å². The summed E-state index contributed by atoms with van der Waals surface area (Å²) in [6, 6.07) is 5.35. The number of aromatic nitrogens is 1. The molecule has 142 valence electrons. The van der Waals surface area contributed by atoms with Crippen LogP contribution in [-0.4, -0.2) is 36.0 Å². The first-order chi connectivity index (χ1) is 12.9. The fourth-order valence-electron chi connectivity index (χ4n) is 3.97. The molecule has 0 fully saturated rings. The lowest BCUT2D eigenvalue weighted by molar-refractivity contribution is -0.132. The van der Waals surface area contributed by atoms with Crippen LogP contribution in [-0.2, 0) is 17.6 Å². The molecule has 2 aliphatic rings. The summed E-state index contributed by atoms with van der Waals surface area (Å²) in [7, 11) is 0. The standard InChI is InChI=1S/C19H20N2O5S/c22-17-3-1-2-13-14(9-20-10-15(13)17)11-4-6-16-12(8-11)5-7-18(23)21(16)19(24,25)27-26/h4,6,8-10,17,22,24-26H,1-3,5,7H2. The van der Waals surface area contributed by atoms with Crippen molar-refractivity contribution >= 4 is 23.6 Å². The predicted molar refractivity (Wildman–Crippen MR) is 101 cm³/mol. The van der Waals surface area contributed by atoms with Crippen LogP contribution in [0.2, 0.25) is 0 Å². The van der Waals surface area contributed by atoms with Crippen molar-refractivity contribution in [1.82, 2.24) is 4.98 Å². The van der Waals surface area contributed by atoms with Crippen LogP contribution in [0.15, 0.2) is 30.6 Å². The zero-order valence-electron chi connectivity index (χ0n) is 14.5. The van der Waals surface area contributed by atoms with E-state index in [0.29, 0.717) is 12.1 Å². The molecule has 0 bridgehead atoms. The summed E-state index contributed by atoms with van der Waals surface area (Å²) < 4.78 is 9.17. The first-order valence-electron chi connectivity index (χ1n) is 8.81. The third kappa shape index (κ3) is 3.13. The summed E-state index contributed by atoms with van der Waals surface area (Å²) in [5.41, 5.74) is 4.92. The second kappa shape index (κ2) is 6.88. The molecule has 1 aliphatic carbocycles. The van der Waals surface area contributed by atoms with Gasteiger partial charge in [0.25, 0.3) is 0 Å². The number of rotatable bonds is 3. The highest BCUT2D eigenvalue weighted by Crippen LogP contribution is 2.40. The fourth-order valence-corrected chi connectivity index (χ4v) is 4.25. The predicted octanol–water partition coefficient (Wildman–Crippen LogP) is 2.20. The number of hydrogen-bond donors (Lipinski definition) is 4. The number of fused-ring (bicyclic) bond motifs is 2. The van der Waals surface area contributed by atoms with Gasteiger partial charge in [0, 0.05) is 29.9 Å². The van der Waals surface area contributed by atoms with E-state index in [0.717, 1.165) is 52.0 Å². The van der Waals surface area contributed by atoms with Crippen molar-refractivity contribution in [3.8, 4) is 11.1 Å². The third-order valence-electron chi connectivity index (χ3n) is 5.26. The molecule has 1 amide bonds. The number of aliphatic hydroxyl groups is 3. The van der Waals surface area contributed by atoms with Crippen LogP contribution in [0.25, 0.3) is 11.1 Å². The van der Waals surface area contributed by atoms with Gasteiger partial charge in [-0.15, -0.1) is 0 Å². The van der Waals surface area contributed by atoms with Crippen LogP contribution in [0, 0.1) is 0 Å². The molecule has 1 unspecified atom stereocenters. The van der Waals surface area contributed by atoms with Gasteiger partial charge in [0.05, 0.1) is 23.8 Å². The van der Waals surface area contributed by atoms with Crippen LogP contribution in [0.1, 0.15) is 42.1 Å². The number of hydrogen-bond acceptors (Lipinski definition) is 7. The Morgan fingerprint density at radius 3 is 2.78 bits per heavy atom. The molecule has 1 aromatic heterocycles. The first-order valence-corrected chi connectivity index (χ1v) is 9.58. The van der Waals surface area contributed by atoms with E-state index in [1.807, 2.05) is 6.07 Å². The first kappa shape index (κ1) is 18.4. The minimum atomic E-state index is -2.72. The number of pyridine rings is 1. The van der Waals surface area contributed by atoms with E-state index in [-0.39, 0.29) is 18.5 Å². The number of benzene rings is 1. The topological polar surface area (TPSA) is 114 Å². The molecule has 7 nitrogen and oxygen atoms in total. The summed E-state index contributed by atoms with van der Waals surface area (Å²) in [5, 5.41) is 27.5. The van der Waals surface area contributed by atoms with Gasteiger partial charge in [-0.2, -0.15) is 0 Å². The third-order valence-corrected chi connectivity index (χ3v) is 5.68. The Kier molecular flexibility index (Phi) is 4.69. The number of anilines is 1. The van der Waals surface area contributed by atoms with Crippen molar-refractivity contribution in [2.75, 3.05) is 4.90 Å². The van der Waals surface area contributed by atoms with Gasteiger partial charge in [0.2, 0.25) is 5.91 Å². The lowest BCUT2D eigenvalue weighted by atomic mass is 9.85. The monoisotopic (exact) mass is 388 g/mol. The molecule has 1 atom stereocenters. The van der Waals surface area contributed by atoms with Crippen molar-refractivity contribution in [3.05, 3.63) is 47.3 Å². The average molecular weight is 388 g/mol. The Hall–Kier alpha value is -1.97. The van der Waals surface area contributed by atoms with Gasteiger partial charge in [0.1, 0.15) is 0 Å². The van der Waals surface area contributed by atoms with Crippen LogP contribution in [0.3, 0.4) is 0 Å². The van der Waals surface area contributed by atoms with E-state index < -0.39 is 17.3 Å². The Bertz CT molecular complexity index is 902. The molecule has 0 saturated heterocycles. The molecular weight excluding hydrogens is 368 g/mol. The van der Waals surface area contributed by atoms with Gasteiger partial charge in [-0.3, -0.25) is 9.78 Å². The summed E-state index contributed by atoms with van der Waals surface area (Å²) in [5.74, 6) is -0.469.